The molecule has 3 fully saturated rings. The highest BCUT2D eigenvalue weighted by molar-refractivity contribution is 7.14. The van der Waals surface area contributed by atoms with Gasteiger partial charge in [0.2, 0.25) is 11.8 Å². The first-order valence-corrected chi connectivity index (χ1v) is 18.1. The van der Waals surface area contributed by atoms with Crippen molar-refractivity contribution in [3.8, 4) is 0 Å². The third kappa shape index (κ3) is 8.00. The van der Waals surface area contributed by atoms with Crippen molar-refractivity contribution in [2.75, 3.05) is 50.3 Å². The number of hydrogen-bond donors (Lipinski definition) is 2. The third-order valence-corrected chi connectivity index (χ3v) is 11.5. The lowest BCUT2D eigenvalue weighted by Crippen LogP contribution is -2.52. The van der Waals surface area contributed by atoms with E-state index in [4.69, 9.17) is 5.73 Å². The minimum atomic E-state index is -5.16. The Morgan fingerprint density at radius 3 is 2.04 bits per heavy atom. The summed E-state index contributed by atoms with van der Waals surface area (Å²) in [7, 11) is 0. The molecule has 4 amide bonds. The first-order chi connectivity index (χ1) is 23.7. The van der Waals surface area contributed by atoms with E-state index in [0.29, 0.717) is 76.6 Å². The van der Waals surface area contributed by atoms with Crippen LogP contribution in [0.1, 0.15) is 73.6 Å². The van der Waals surface area contributed by atoms with E-state index in [1.54, 1.807) is 14.7 Å². The van der Waals surface area contributed by atoms with Gasteiger partial charge < -0.3 is 25.3 Å². The summed E-state index contributed by atoms with van der Waals surface area (Å²) in [6.45, 7) is 3.81. The number of alkyl halides is 6. The van der Waals surface area contributed by atoms with Crippen LogP contribution in [-0.4, -0.2) is 88.8 Å². The van der Waals surface area contributed by atoms with Gasteiger partial charge in [-0.15, -0.1) is 11.3 Å². The molecular weight excluding hydrogens is 686 g/mol. The SMILES string of the molecule is Nc1c(C(F)(F)F)cc(C[C@@H](CC(=O)N2CCC(N3Cc4ccsc4NC3=O)CC2)C(=O)N2CCC(N3CCCCC3)CC2)cc1C(F)(F)F. The fourth-order valence-corrected chi connectivity index (χ4v) is 8.68. The molecule has 1 aromatic heterocycles. The number of amides is 4. The summed E-state index contributed by atoms with van der Waals surface area (Å²) in [5.74, 6) is -2.04. The Labute approximate surface area is 290 Å². The highest BCUT2D eigenvalue weighted by atomic mass is 32.1. The van der Waals surface area contributed by atoms with Crippen molar-refractivity contribution in [1.82, 2.24) is 19.6 Å². The topological polar surface area (TPSA) is 102 Å². The smallest absolute Gasteiger partial charge is 0.398 e. The first-order valence-electron chi connectivity index (χ1n) is 17.2. The average Bonchev–Trinajstić information content (AvgIpc) is 3.54. The molecule has 50 heavy (non-hydrogen) atoms. The van der Waals surface area contributed by atoms with Crippen LogP contribution in [0.2, 0.25) is 0 Å². The number of rotatable bonds is 7. The zero-order valence-electron chi connectivity index (χ0n) is 27.6. The van der Waals surface area contributed by atoms with Gasteiger partial charge >= 0.3 is 18.4 Å². The maximum Gasteiger partial charge on any atom is 0.418 e. The van der Waals surface area contributed by atoms with Crippen molar-refractivity contribution in [1.29, 1.82) is 0 Å². The van der Waals surface area contributed by atoms with Gasteiger partial charge in [-0.3, -0.25) is 14.9 Å². The predicted molar refractivity (Wildman–Crippen MR) is 176 cm³/mol. The van der Waals surface area contributed by atoms with E-state index in [-0.39, 0.29) is 24.1 Å². The van der Waals surface area contributed by atoms with Crippen LogP contribution in [0.4, 0.5) is 41.8 Å². The largest absolute Gasteiger partial charge is 0.418 e. The predicted octanol–water partition coefficient (Wildman–Crippen LogP) is 6.43. The van der Waals surface area contributed by atoms with Crippen LogP contribution >= 0.6 is 11.3 Å². The van der Waals surface area contributed by atoms with Crippen molar-refractivity contribution in [2.45, 2.75) is 88.8 Å². The molecule has 2 aromatic rings. The van der Waals surface area contributed by atoms with E-state index >= 15 is 0 Å². The number of likely N-dealkylation sites (tertiary alicyclic amines) is 3. The van der Waals surface area contributed by atoms with Crippen molar-refractivity contribution in [3.63, 3.8) is 0 Å². The van der Waals surface area contributed by atoms with Crippen molar-refractivity contribution in [2.24, 2.45) is 5.92 Å². The summed E-state index contributed by atoms with van der Waals surface area (Å²) in [4.78, 5) is 47.8. The van der Waals surface area contributed by atoms with Crippen LogP contribution in [0.15, 0.2) is 23.6 Å². The zero-order valence-corrected chi connectivity index (χ0v) is 28.4. The Morgan fingerprint density at radius 1 is 0.860 bits per heavy atom. The van der Waals surface area contributed by atoms with E-state index in [2.05, 4.69) is 10.2 Å². The number of carbonyl (C=O) groups excluding carboxylic acids is 3. The maximum atomic E-state index is 14.0. The summed E-state index contributed by atoms with van der Waals surface area (Å²) in [5, 5.41) is 5.62. The Bertz CT molecular complexity index is 1520. The number of hydrogen-bond acceptors (Lipinski definition) is 6. The number of nitrogen functional groups attached to an aromatic ring is 1. The van der Waals surface area contributed by atoms with E-state index in [1.165, 1.54) is 17.8 Å². The molecule has 0 bridgehead atoms. The lowest BCUT2D eigenvalue weighted by molar-refractivity contribution is -0.143. The number of benzene rings is 1. The number of thiophene rings is 1. The van der Waals surface area contributed by atoms with Gasteiger partial charge in [-0.2, -0.15) is 26.3 Å². The molecule has 4 aliphatic heterocycles. The van der Waals surface area contributed by atoms with Crippen LogP contribution in [0.5, 0.6) is 0 Å². The summed E-state index contributed by atoms with van der Waals surface area (Å²) in [6.07, 6.45) is -5.38. The molecule has 1 aromatic carbocycles. The number of nitrogens with one attached hydrogen (secondary N) is 1. The Balaban J connectivity index is 1.18. The van der Waals surface area contributed by atoms with E-state index in [9.17, 15) is 40.7 Å². The highest BCUT2D eigenvalue weighted by Gasteiger charge is 2.42. The standard InChI is InChI=1S/C34H42F6N6O3S/c35-33(36,37)26-17-21(18-27(29(26)41)34(38,39)40)16-23(31(48)45-13-4-24(5-14-45)43-9-2-1-3-10-43)19-28(47)44-11-6-25(7-12-44)46-20-22-8-15-50-30(22)42-32(46)49/h8,15,17-18,23-25H,1-7,9-14,16,19-20,41H2,(H,42,49)/t23-/m0/s1. The molecule has 4 aliphatic rings. The Kier molecular flexibility index (Phi) is 10.6. The van der Waals surface area contributed by atoms with Gasteiger partial charge in [0.1, 0.15) is 5.00 Å². The van der Waals surface area contributed by atoms with Gasteiger partial charge in [-0.05, 0) is 87.2 Å². The normalized spacial score (nSPS) is 20.8. The minimum Gasteiger partial charge on any atom is -0.398 e. The monoisotopic (exact) mass is 728 g/mol. The summed E-state index contributed by atoms with van der Waals surface area (Å²) >= 11 is 1.45. The van der Waals surface area contributed by atoms with Crippen LogP contribution in [0.25, 0.3) is 0 Å². The van der Waals surface area contributed by atoms with Crippen molar-refractivity contribution >= 4 is 39.9 Å². The van der Waals surface area contributed by atoms with Crippen molar-refractivity contribution in [3.05, 3.63) is 45.8 Å². The van der Waals surface area contributed by atoms with Crippen LogP contribution in [0.3, 0.4) is 0 Å². The lowest BCUT2D eigenvalue weighted by Gasteiger charge is -2.41. The second-order valence-electron chi connectivity index (χ2n) is 13.8. The average molecular weight is 729 g/mol. The van der Waals surface area contributed by atoms with Gasteiger partial charge in [-0.1, -0.05) is 6.42 Å². The van der Waals surface area contributed by atoms with Crippen LogP contribution in [0, 0.1) is 5.92 Å². The quantitative estimate of drug-likeness (QED) is 0.253. The first kappa shape index (κ1) is 36.3. The molecule has 0 saturated carbocycles. The molecule has 3 N–H and O–H groups in total. The van der Waals surface area contributed by atoms with Gasteiger partial charge in [-0.25, -0.2) is 4.79 Å². The Morgan fingerprint density at radius 2 is 1.44 bits per heavy atom. The summed E-state index contributed by atoms with van der Waals surface area (Å²) in [6, 6.07) is 3.04. The molecule has 3 saturated heterocycles. The minimum absolute atomic E-state index is 0.123. The Hall–Kier alpha value is -3.53. The number of fused-ring (bicyclic) bond motifs is 1. The second kappa shape index (κ2) is 14.6. The van der Waals surface area contributed by atoms with Crippen molar-refractivity contribution < 1.29 is 40.7 Å². The number of anilines is 2. The van der Waals surface area contributed by atoms with E-state index < -0.39 is 53.3 Å². The molecule has 274 valence electrons. The molecule has 0 aliphatic carbocycles. The van der Waals surface area contributed by atoms with Gasteiger partial charge in [0.05, 0.1) is 29.3 Å². The van der Waals surface area contributed by atoms with Crippen LogP contribution in [-0.2, 0) is 34.9 Å². The number of piperidine rings is 3. The lowest BCUT2D eigenvalue weighted by atomic mass is 9.89. The molecule has 0 unspecified atom stereocenters. The second-order valence-corrected chi connectivity index (χ2v) is 14.7. The molecule has 1 atom stereocenters. The number of nitrogens with zero attached hydrogens (tertiary/aromatic N) is 4. The molecule has 16 heteroatoms. The number of carbonyl (C=O) groups is 3. The molecule has 5 heterocycles. The fraction of sp³-hybridized carbons (Fsp3) is 0.618. The van der Waals surface area contributed by atoms with Gasteiger partial charge in [0.25, 0.3) is 0 Å². The molecule has 6 rings (SSSR count). The third-order valence-electron chi connectivity index (χ3n) is 10.6. The molecular formula is C34H42F6N6O3S. The highest BCUT2D eigenvalue weighted by Crippen LogP contribution is 2.42. The fourth-order valence-electron chi connectivity index (χ4n) is 7.88. The molecule has 0 spiro atoms. The van der Waals surface area contributed by atoms with Gasteiger partial charge in [0.15, 0.2) is 0 Å². The van der Waals surface area contributed by atoms with E-state index in [1.807, 2.05) is 11.4 Å². The molecule has 0 radical (unpaired) electrons. The number of urea groups is 1. The van der Waals surface area contributed by atoms with E-state index in [0.717, 1.165) is 36.5 Å². The molecule has 9 nitrogen and oxygen atoms in total. The number of nitrogens with two attached hydrogens (primary N) is 1. The zero-order chi connectivity index (χ0) is 35.8. The summed E-state index contributed by atoms with van der Waals surface area (Å²) in [5.41, 5.74) is 1.34. The van der Waals surface area contributed by atoms with Crippen LogP contribution < -0.4 is 11.1 Å². The summed E-state index contributed by atoms with van der Waals surface area (Å²) < 4.78 is 83.2. The van der Waals surface area contributed by atoms with Gasteiger partial charge in [0, 0.05) is 50.2 Å². The maximum absolute atomic E-state index is 14.0. The number of halogens is 6.